The number of carbonyl (C=O) groups excluding carboxylic acids is 1. The lowest BCUT2D eigenvalue weighted by Gasteiger charge is -2.12. The van der Waals surface area contributed by atoms with Gasteiger partial charge in [0.05, 0.1) is 22.6 Å². The third-order valence-corrected chi connectivity index (χ3v) is 5.49. The number of hydrogen-bond acceptors (Lipinski definition) is 8. The zero-order chi connectivity index (χ0) is 20.1. The van der Waals surface area contributed by atoms with E-state index in [1.165, 1.54) is 17.4 Å². The first kappa shape index (κ1) is 19.9. The number of carbonyl (C=O) groups is 1. The lowest BCUT2D eigenvalue weighted by atomic mass is 10.3. The standard InChI is InChI=1S/C18H19N5O3S2/c1-3-7-23-14(19)9-15(24)22-18(23)27-10-16(25)21-17-20-12-6-5-11(26-4-2)8-13(12)28-17/h3,5-6,8-9H,1,4,7,10,19H2,2H3,(H,20,21,25). The highest BCUT2D eigenvalue weighted by Gasteiger charge is 2.12. The monoisotopic (exact) mass is 417 g/mol. The van der Waals surface area contributed by atoms with Gasteiger partial charge in [0.1, 0.15) is 11.6 Å². The fourth-order valence-corrected chi connectivity index (χ4v) is 4.16. The fraction of sp³-hybridized carbons (Fsp3) is 0.222. The third-order valence-electron chi connectivity index (χ3n) is 3.58. The summed E-state index contributed by atoms with van der Waals surface area (Å²) in [7, 11) is 0. The van der Waals surface area contributed by atoms with Crippen molar-refractivity contribution >= 4 is 50.2 Å². The van der Waals surface area contributed by atoms with Gasteiger partial charge in [0.2, 0.25) is 5.91 Å². The van der Waals surface area contributed by atoms with Crippen LogP contribution in [-0.4, -0.2) is 32.8 Å². The van der Waals surface area contributed by atoms with Gasteiger partial charge >= 0.3 is 0 Å². The van der Waals surface area contributed by atoms with Crippen molar-refractivity contribution in [2.75, 3.05) is 23.4 Å². The Balaban J connectivity index is 1.69. The van der Waals surface area contributed by atoms with Crippen LogP contribution in [0.4, 0.5) is 10.9 Å². The maximum absolute atomic E-state index is 12.3. The number of nitrogens with one attached hydrogen (secondary N) is 1. The number of ether oxygens (including phenoxy) is 1. The largest absolute Gasteiger partial charge is 0.494 e. The van der Waals surface area contributed by atoms with E-state index in [2.05, 4.69) is 21.9 Å². The molecule has 0 unspecified atom stereocenters. The topological polar surface area (TPSA) is 112 Å². The Kier molecular flexibility index (Phi) is 6.32. The van der Waals surface area contributed by atoms with Crippen molar-refractivity contribution in [3.63, 3.8) is 0 Å². The maximum Gasteiger partial charge on any atom is 0.275 e. The molecule has 28 heavy (non-hydrogen) atoms. The average Bonchev–Trinajstić information content (AvgIpc) is 3.04. The first-order valence-electron chi connectivity index (χ1n) is 8.44. The van der Waals surface area contributed by atoms with Crippen LogP contribution in [0, 0.1) is 0 Å². The summed E-state index contributed by atoms with van der Waals surface area (Å²) >= 11 is 2.49. The molecule has 146 valence electrons. The van der Waals surface area contributed by atoms with Gasteiger partial charge in [-0.3, -0.25) is 9.59 Å². The molecule has 2 aromatic heterocycles. The van der Waals surface area contributed by atoms with Gasteiger partial charge in [-0.1, -0.05) is 29.2 Å². The molecule has 3 aromatic rings. The molecule has 0 fully saturated rings. The number of nitrogens with two attached hydrogens (primary N) is 1. The van der Waals surface area contributed by atoms with Gasteiger partial charge in [0.15, 0.2) is 10.3 Å². The molecular weight excluding hydrogens is 398 g/mol. The number of amides is 1. The zero-order valence-corrected chi connectivity index (χ0v) is 16.8. The van der Waals surface area contributed by atoms with Crippen LogP contribution >= 0.6 is 23.1 Å². The minimum atomic E-state index is -0.447. The van der Waals surface area contributed by atoms with Gasteiger partial charge in [-0.2, -0.15) is 4.98 Å². The van der Waals surface area contributed by atoms with E-state index in [1.807, 2.05) is 25.1 Å². The van der Waals surface area contributed by atoms with Crippen LogP contribution in [0.3, 0.4) is 0 Å². The van der Waals surface area contributed by atoms with Crippen molar-refractivity contribution in [1.29, 1.82) is 0 Å². The van der Waals surface area contributed by atoms with E-state index in [1.54, 1.807) is 10.6 Å². The Morgan fingerprint density at radius 3 is 3.00 bits per heavy atom. The average molecular weight is 418 g/mol. The number of aromatic nitrogens is 3. The molecule has 1 amide bonds. The number of benzene rings is 1. The van der Waals surface area contributed by atoms with Crippen LogP contribution in [0.5, 0.6) is 5.75 Å². The lowest BCUT2D eigenvalue weighted by molar-refractivity contribution is -0.113. The third kappa shape index (κ3) is 4.70. The van der Waals surface area contributed by atoms with Crippen molar-refractivity contribution in [3.05, 3.63) is 47.3 Å². The number of anilines is 2. The van der Waals surface area contributed by atoms with E-state index in [0.717, 1.165) is 27.7 Å². The summed E-state index contributed by atoms with van der Waals surface area (Å²) in [5.74, 6) is 0.850. The first-order chi connectivity index (χ1) is 13.5. The number of fused-ring (bicyclic) bond motifs is 1. The molecule has 0 saturated heterocycles. The number of allylic oxidation sites excluding steroid dienone is 1. The second-order valence-electron chi connectivity index (χ2n) is 5.62. The van der Waals surface area contributed by atoms with E-state index >= 15 is 0 Å². The summed E-state index contributed by atoms with van der Waals surface area (Å²) in [6.07, 6.45) is 1.64. The normalized spacial score (nSPS) is 10.8. The van der Waals surface area contributed by atoms with Gasteiger partial charge in [-0.15, -0.1) is 6.58 Å². The highest BCUT2D eigenvalue weighted by Crippen LogP contribution is 2.29. The van der Waals surface area contributed by atoms with Crippen LogP contribution in [0.25, 0.3) is 10.2 Å². The minimum absolute atomic E-state index is 0.0627. The van der Waals surface area contributed by atoms with Crippen LogP contribution < -0.4 is 21.3 Å². The van der Waals surface area contributed by atoms with Crippen LogP contribution in [0.15, 0.2) is 46.9 Å². The summed E-state index contributed by atoms with van der Waals surface area (Å²) in [6.45, 7) is 6.56. The molecule has 1 aromatic carbocycles. The summed E-state index contributed by atoms with van der Waals surface area (Å²) < 4.78 is 8.03. The van der Waals surface area contributed by atoms with E-state index in [0.29, 0.717) is 23.4 Å². The Labute approximate surface area is 169 Å². The minimum Gasteiger partial charge on any atom is -0.494 e. The van der Waals surface area contributed by atoms with Crippen LogP contribution in [-0.2, 0) is 11.3 Å². The molecule has 3 N–H and O–H groups in total. The summed E-state index contributed by atoms with van der Waals surface area (Å²) in [4.78, 5) is 32.3. The predicted molar refractivity (Wildman–Crippen MR) is 113 cm³/mol. The highest BCUT2D eigenvalue weighted by molar-refractivity contribution is 7.99. The van der Waals surface area contributed by atoms with Gasteiger partial charge in [-0.25, -0.2) is 4.98 Å². The van der Waals surface area contributed by atoms with Crippen LogP contribution in [0.2, 0.25) is 0 Å². The fourth-order valence-electron chi connectivity index (χ4n) is 2.42. The SMILES string of the molecule is C=CCn1c(N)cc(=O)nc1SCC(=O)Nc1nc2ccc(OCC)cc2s1. The molecule has 8 nitrogen and oxygen atoms in total. The molecule has 3 rings (SSSR count). The molecule has 10 heteroatoms. The lowest BCUT2D eigenvalue weighted by Crippen LogP contribution is -2.19. The number of thiazole rings is 1. The zero-order valence-electron chi connectivity index (χ0n) is 15.2. The molecule has 2 heterocycles. The van der Waals surface area contributed by atoms with Gasteiger partial charge in [0, 0.05) is 12.6 Å². The second-order valence-corrected chi connectivity index (χ2v) is 7.59. The van der Waals surface area contributed by atoms with Crippen molar-refractivity contribution in [2.24, 2.45) is 0 Å². The van der Waals surface area contributed by atoms with Gasteiger partial charge in [0.25, 0.3) is 5.56 Å². The van der Waals surface area contributed by atoms with Crippen molar-refractivity contribution < 1.29 is 9.53 Å². The second kappa shape index (κ2) is 8.89. The maximum atomic E-state index is 12.3. The van der Waals surface area contributed by atoms with Crippen molar-refractivity contribution in [3.8, 4) is 5.75 Å². The number of nitrogens with zero attached hydrogens (tertiary/aromatic N) is 3. The Bertz CT molecular complexity index is 1080. The summed E-state index contributed by atoms with van der Waals surface area (Å²) in [5.41, 5.74) is 6.20. The Morgan fingerprint density at radius 1 is 1.43 bits per heavy atom. The molecule has 0 aliphatic carbocycles. The highest BCUT2D eigenvalue weighted by atomic mass is 32.2. The van der Waals surface area contributed by atoms with E-state index in [-0.39, 0.29) is 17.5 Å². The Morgan fingerprint density at radius 2 is 2.25 bits per heavy atom. The quantitative estimate of drug-likeness (QED) is 0.329. The summed E-state index contributed by atoms with van der Waals surface area (Å²) in [6, 6.07) is 6.83. The first-order valence-corrected chi connectivity index (χ1v) is 10.2. The number of rotatable bonds is 8. The number of hydrogen-bond donors (Lipinski definition) is 2. The van der Waals surface area contributed by atoms with E-state index in [9.17, 15) is 9.59 Å². The smallest absolute Gasteiger partial charge is 0.275 e. The van der Waals surface area contributed by atoms with E-state index in [4.69, 9.17) is 10.5 Å². The molecule has 0 spiro atoms. The number of nitrogen functional groups attached to an aromatic ring is 1. The van der Waals surface area contributed by atoms with Gasteiger partial charge in [-0.05, 0) is 25.1 Å². The number of thioether (sulfide) groups is 1. The molecule has 0 atom stereocenters. The molecule has 0 aliphatic rings. The summed E-state index contributed by atoms with van der Waals surface area (Å²) in [5, 5.41) is 3.64. The van der Waals surface area contributed by atoms with E-state index < -0.39 is 5.56 Å². The van der Waals surface area contributed by atoms with Gasteiger partial charge < -0.3 is 20.4 Å². The van der Waals surface area contributed by atoms with Crippen LogP contribution in [0.1, 0.15) is 6.92 Å². The van der Waals surface area contributed by atoms with Crippen molar-refractivity contribution in [1.82, 2.24) is 14.5 Å². The Hall–Kier alpha value is -2.85. The predicted octanol–water partition coefficient (Wildman–Crippen LogP) is 2.75. The molecular formula is C18H19N5O3S2. The molecule has 0 aliphatic heterocycles. The molecule has 0 saturated carbocycles. The van der Waals surface area contributed by atoms with Crippen molar-refractivity contribution in [2.45, 2.75) is 18.6 Å². The molecule has 0 bridgehead atoms. The molecule has 0 radical (unpaired) electrons.